The van der Waals surface area contributed by atoms with Crippen LogP contribution in [0.25, 0.3) is 0 Å². The van der Waals surface area contributed by atoms with E-state index in [2.05, 4.69) is 15.3 Å². The largest absolute Gasteiger partial charge is 0.346 e. The van der Waals surface area contributed by atoms with Gasteiger partial charge in [0.15, 0.2) is 0 Å². The van der Waals surface area contributed by atoms with E-state index in [9.17, 15) is 9.59 Å². The third-order valence-corrected chi connectivity index (χ3v) is 3.69. The molecule has 4 N–H and O–H groups in total. The first-order valence-corrected chi connectivity index (χ1v) is 6.76. The summed E-state index contributed by atoms with van der Waals surface area (Å²) in [4.78, 5) is 29.2. The van der Waals surface area contributed by atoms with Gasteiger partial charge in [0.05, 0.1) is 6.20 Å². The van der Waals surface area contributed by atoms with Crippen LogP contribution in [0.15, 0.2) is 17.2 Å². The number of carbonyl (C=O) groups excluding carboxylic acids is 1. The molecule has 6 nitrogen and oxygen atoms in total. The van der Waals surface area contributed by atoms with Crippen molar-refractivity contribution in [2.75, 3.05) is 6.54 Å². The molecule has 2 rings (SSSR count). The topological polar surface area (TPSA) is 101 Å². The summed E-state index contributed by atoms with van der Waals surface area (Å²) in [6, 6.07) is -0.0125. The van der Waals surface area contributed by atoms with Crippen LogP contribution in [0.5, 0.6) is 0 Å². The van der Waals surface area contributed by atoms with E-state index in [0.717, 1.165) is 19.0 Å². The minimum absolute atomic E-state index is 0.0125. The Bertz CT molecular complexity index is 459. The molecule has 0 spiro atoms. The van der Waals surface area contributed by atoms with Crippen LogP contribution in [0.3, 0.4) is 0 Å². The predicted octanol–water partition coefficient (Wildman–Crippen LogP) is 0.407. The van der Waals surface area contributed by atoms with E-state index in [4.69, 9.17) is 5.73 Å². The van der Waals surface area contributed by atoms with Crippen LogP contribution in [0.4, 0.5) is 0 Å². The third kappa shape index (κ3) is 3.64. The predicted molar refractivity (Wildman–Crippen MR) is 71.7 cm³/mol. The zero-order chi connectivity index (χ0) is 13.7. The number of nitrogens with two attached hydrogens (primary N) is 1. The molecule has 1 aromatic heterocycles. The van der Waals surface area contributed by atoms with Gasteiger partial charge in [0.2, 0.25) is 0 Å². The minimum Gasteiger partial charge on any atom is -0.346 e. The molecule has 1 fully saturated rings. The quantitative estimate of drug-likeness (QED) is 0.733. The number of aromatic amines is 1. The Hall–Kier alpha value is -1.69. The number of aromatic nitrogens is 2. The number of amides is 1. The molecule has 1 heterocycles. The average Bonchev–Trinajstić information content (AvgIpc) is 2.46. The lowest BCUT2D eigenvalue weighted by molar-refractivity contribution is 0.0910. The molecule has 19 heavy (non-hydrogen) atoms. The number of rotatable bonds is 4. The monoisotopic (exact) mass is 264 g/mol. The highest BCUT2D eigenvalue weighted by molar-refractivity contribution is 5.92. The highest BCUT2D eigenvalue weighted by atomic mass is 16.2. The molecule has 0 bridgehead atoms. The maximum atomic E-state index is 12.0. The molecule has 1 aliphatic carbocycles. The van der Waals surface area contributed by atoms with E-state index in [-0.39, 0.29) is 23.2 Å². The lowest BCUT2D eigenvalue weighted by Crippen LogP contribution is -2.46. The molecule has 1 unspecified atom stereocenters. The van der Waals surface area contributed by atoms with Gasteiger partial charge in [0.25, 0.3) is 11.5 Å². The van der Waals surface area contributed by atoms with Gasteiger partial charge in [0.1, 0.15) is 5.69 Å². The molecule has 1 amide bonds. The Morgan fingerprint density at radius 1 is 1.47 bits per heavy atom. The van der Waals surface area contributed by atoms with Crippen LogP contribution in [0, 0.1) is 5.92 Å². The molecule has 0 saturated heterocycles. The highest BCUT2D eigenvalue weighted by Crippen LogP contribution is 2.26. The van der Waals surface area contributed by atoms with E-state index >= 15 is 0 Å². The second kappa shape index (κ2) is 6.47. The van der Waals surface area contributed by atoms with Gasteiger partial charge in [-0.2, -0.15) is 0 Å². The summed E-state index contributed by atoms with van der Waals surface area (Å²) in [6.45, 7) is 0.430. The first-order chi connectivity index (χ1) is 9.20. The van der Waals surface area contributed by atoms with Crippen molar-refractivity contribution < 1.29 is 4.79 Å². The van der Waals surface area contributed by atoms with Crippen LogP contribution < -0.4 is 16.6 Å². The van der Waals surface area contributed by atoms with Crippen LogP contribution in [0.2, 0.25) is 0 Å². The van der Waals surface area contributed by atoms with E-state index in [1.807, 2.05) is 0 Å². The Morgan fingerprint density at radius 3 is 2.79 bits per heavy atom. The van der Waals surface area contributed by atoms with Gasteiger partial charge in [-0.05, 0) is 18.8 Å². The SMILES string of the molecule is NCC(NC(=O)c1c[nH]c(=O)cn1)C1CCCCC1. The molecule has 6 heteroatoms. The fourth-order valence-electron chi connectivity index (χ4n) is 2.61. The number of hydrogen-bond acceptors (Lipinski definition) is 4. The van der Waals surface area contributed by atoms with Crippen molar-refractivity contribution in [1.82, 2.24) is 15.3 Å². The molecule has 0 radical (unpaired) electrons. The smallest absolute Gasteiger partial charge is 0.271 e. The van der Waals surface area contributed by atoms with Gasteiger partial charge in [0, 0.05) is 18.8 Å². The lowest BCUT2D eigenvalue weighted by Gasteiger charge is -2.29. The molecular weight excluding hydrogens is 244 g/mol. The first kappa shape index (κ1) is 13.7. The van der Waals surface area contributed by atoms with Crippen molar-refractivity contribution in [1.29, 1.82) is 0 Å². The lowest BCUT2D eigenvalue weighted by atomic mass is 9.84. The summed E-state index contributed by atoms with van der Waals surface area (Å²) in [6.07, 6.45) is 8.33. The van der Waals surface area contributed by atoms with Crippen molar-refractivity contribution >= 4 is 5.91 Å². The van der Waals surface area contributed by atoms with E-state index < -0.39 is 0 Å². The maximum Gasteiger partial charge on any atom is 0.271 e. The van der Waals surface area contributed by atoms with Crippen LogP contribution in [-0.2, 0) is 0 Å². The van der Waals surface area contributed by atoms with E-state index in [1.54, 1.807) is 0 Å². The average molecular weight is 264 g/mol. The molecule has 1 aromatic rings. The second-order valence-electron chi connectivity index (χ2n) is 5.01. The molecule has 1 atom stereocenters. The van der Waals surface area contributed by atoms with Crippen molar-refractivity contribution in [2.24, 2.45) is 11.7 Å². The summed E-state index contributed by atoms with van der Waals surface area (Å²) in [7, 11) is 0. The van der Waals surface area contributed by atoms with Crippen LogP contribution in [0.1, 0.15) is 42.6 Å². The minimum atomic E-state index is -0.320. The molecular formula is C13H20N4O2. The maximum absolute atomic E-state index is 12.0. The number of hydrogen-bond donors (Lipinski definition) is 3. The normalized spacial score (nSPS) is 17.9. The highest BCUT2D eigenvalue weighted by Gasteiger charge is 2.24. The van der Waals surface area contributed by atoms with Gasteiger partial charge in [-0.25, -0.2) is 4.98 Å². The summed E-state index contributed by atoms with van der Waals surface area (Å²) < 4.78 is 0. The molecule has 104 valence electrons. The Balaban J connectivity index is 1.99. The summed E-state index contributed by atoms with van der Waals surface area (Å²) in [5.74, 6) is 0.169. The first-order valence-electron chi connectivity index (χ1n) is 6.76. The standard InChI is InChI=1S/C13H20N4O2/c14-6-10(9-4-2-1-3-5-9)17-13(19)11-7-16-12(18)8-15-11/h7-10H,1-6,14H2,(H,16,18)(H,17,19). The molecule has 1 saturated carbocycles. The van der Waals surface area contributed by atoms with Crippen LogP contribution in [-0.4, -0.2) is 28.5 Å². The van der Waals surface area contributed by atoms with E-state index in [1.165, 1.54) is 25.5 Å². The Kier molecular flexibility index (Phi) is 4.68. The van der Waals surface area contributed by atoms with Crippen molar-refractivity contribution in [3.8, 4) is 0 Å². The molecule has 0 aromatic carbocycles. The van der Waals surface area contributed by atoms with Crippen molar-refractivity contribution in [3.63, 3.8) is 0 Å². The van der Waals surface area contributed by atoms with Gasteiger partial charge < -0.3 is 16.0 Å². The van der Waals surface area contributed by atoms with E-state index in [0.29, 0.717) is 12.5 Å². The number of H-pyrrole nitrogens is 1. The number of nitrogens with one attached hydrogen (secondary N) is 2. The number of nitrogens with zero attached hydrogens (tertiary/aromatic N) is 1. The zero-order valence-electron chi connectivity index (χ0n) is 10.9. The Labute approximate surface area is 111 Å². The Morgan fingerprint density at radius 2 is 2.21 bits per heavy atom. The molecule has 1 aliphatic rings. The zero-order valence-corrected chi connectivity index (χ0v) is 10.9. The van der Waals surface area contributed by atoms with Gasteiger partial charge in [-0.15, -0.1) is 0 Å². The van der Waals surface area contributed by atoms with Gasteiger partial charge in [-0.3, -0.25) is 9.59 Å². The summed E-state index contributed by atoms with van der Waals surface area (Å²) in [5.41, 5.74) is 5.66. The number of carbonyl (C=O) groups is 1. The van der Waals surface area contributed by atoms with Crippen molar-refractivity contribution in [3.05, 3.63) is 28.4 Å². The van der Waals surface area contributed by atoms with Crippen molar-refractivity contribution in [2.45, 2.75) is 38.1 Å². The van der Waals surface area contributed by atoms with Crippen LogP contribution >= 0.6 is 0 Å². The summed E-state index contributed by atoms with van der Waals surface area (Å²) >= 11 is 0. The van der Waals surface area contributed by atoms with Gasteiger partial charge in [-0.1, -0.05) is 19.3 Å². The third-order valence-electron chi connectivity index (χ3n) is 3.69. The summed E-state index contributed by atoms with van der Waals surface area (Å²) in [5, 5.41) is 2.92. The fourth-order valence-corrected chi connectivity index (χ4v) is 2.61. The van der Waals surface area contributed by atoms with Gasteiger partial charge >= 0.3 is 0 Å². The molecule has 0 aliphatic heterocycles. The second-order valence-corrected chi connectivity index (χ2v) is 5.01. The fraction of sp³-hybridized carbons (Fsp3) is 0.615.